The summed E-state index contributed by atoms with van der Waals surface area (Å²) in [5.74, 6) is -0.139. The fourth-order valence-corrected chi connectivity index (χ4v) is 3.51. The Morgan fingerprint density at radius 2 is 1.90 bits per heavy atom. The molecule has 0 saturated carbocycles. The van der Waals surface area contributed by atoms with E-state index in [0.717, 1.165) is 5.56 Å². The lowest BCUT2D eigenvalue weighted by Gasteiger charge is -2.28. The predicted molar refractivity (Wildman–Crippen MR) is 118 cm³/mol. The van der Waals surface area contributed by atoms with Crippen LogP contribution < -0.4 is 10.6 Å². The molecule has 1 amide bonds. The van der Waals surface area contributed by atoms with Crippen LogP contribution in [0.4, 0.5) is 17.3 Å². The van der Waals surface area contributed by atoms with Gasteiger partial charge in [0.2, 0.25) is 0 Å². The van der Waals surface area contributed by atoms with E-state index in [2.05, 4.69) is 25.6 Å². The SMILES string of the molecule is CCC1(c2cc(Cl)ncc2NC(=O)c2ccnc(Nc3ccc(C)cn3)c2)OCCO1. The van der Waals surface area contributed by atoms with Gasteiger partial charge in [-0.1, -0.05) is 24.6 Å². The van der Waals surface area contributed by atoms with Gasteiger partial charge in [0.1, 0.15) is 16.8 Å². The fraction of sp³-hybridized carbons (Fsp3) is 0.273. The molecular weight excluding hydrogens is 418 g/mol. The summed E-state index contributed by atoms with van der Waals surface area (Å²) < 4.78 is 11.7. The first kappa shape index (κ1) is 21.2. The van der Waals surface area contributed by atoms with E-state index in [4.69, 9.17) is 21.1 Å². The van der Waals surface area contributed by atoms with Gasteiger partial charge in [0, 0.05) is 29.9 Å². The number of anilines is 3. The lowest BCUT2D eigenvalue weighted by molar-refractivity contribution is -0.167. The van der Waals surface area contributed by atoms with E-state index >= 15 is 0 Å². The number of nitrogens with zero attached hydrogens (tertiary/aromatic N) is 3. The highest BCUT2D eigenvalue weighted by atomic mass is 35.5. The van der Waals surface area contributed by atoms with Crippen LogP contribution in [0, 0.1) is 6.92 Å². The van der Waals surface area contributed by atoms with Crippen LogP contribution in [-0.2, 0) is 15.3 Å². The highest BCUT2D eigenvalue weighted by molar-refractivity contribution is 6.29. The molecule has 1 fully saturated rings. The van der Waals surface area contributed by atoms with E-state index in [1.807, 2.05) is 26.0 Å². The first-order valence-electron chi connectivity index (χ1n) is 9.90. The first-order valence-corrected chi connectivity index (χ1v) is 10.3. The van der Waals surface area contributed by atoms with E-state index in [-0.39, 0.29) is 5.91 Å². The zero-order chi connectivity index (χ0) is 21.8. The molecule has 1 aliphatic rings. The van der Waals surface area contributed by atoms with Crippen molar-refractivity contribution in [1.29, 1.82) is 0 Å². The van der Waals surface area contributed by atoms with Crippen molar-refractivity contribution in [2.75, 3.05) is 23.8 Å². The Bertz CT molecular complexity index is 1080. The number of nitrogens with one attached hydrogen (secondary N) is 2. The number of hydrogen-bond donors (Lipinski definition) is 2. The number of carbonyl (C=O) groups is 1. The van der Waals surface area contributed by atoms with E-state index < -0.39 is 5.79 Å². The highest BCUT2D eigenvalue weighted by Crippen LogP contribution is 2.39. The van der Waals surface area contributed by atoms with Crippen molar-refractivity contribution in [3.8, 4) is 0 Å². The van der Waals surface area contributed by atoms with Gasteiger partial charge in [0.05, 0.1) is 25.1 Å². The Hall–Kier alpha value is -3.07. The summed E-state index contributed by atoms with van der Waals surface area (Å²) in [7, 11) is 0. The Morgan fingerprint density at radius 1 is 1.10 bits per heavy atom. The van der Waals surface area contributed by atoms with Crippen LogP contribution in [0.5, 0.6) is 0 Å². The second-order valence-corrected chi connectivity index (χ2v) is 7.47. The maximum Gasteiger partial charge on any atom is 0.255 e. The van der Waals surface area contributed by atoms with Gasteiger partial charge in [-0.3, -0.25) is 4.79 Å². The fourth-order valence-electron chi connectivity index (χ4n) is 3.36. The van der Waals surface area contributed by atoms with Crippen molar-refractivity contribution in [2.24, 2.45) is 0 Å². The number of aromatic nitrogens is 3. The van der Waals surface area contributed by atoms with Gasteiger partial charge in [0.25, 0.3) is 5.91 Å². The summed E-state index contributed by atoms with van der Waals surface area (Å²) in [5.41, 5.74) is 2.59. The maximum absolute atomic E-state index is 13.0. The molecule has 1 aliphatic heterocycles. The summed E-state index contributed by atoms with van der Waals surface area (Å²) in [6.45, 7) is 4.84. The number of rotatable bonds is 6. The van der Waals surface area contributed by atoms with Crippen LogP contribution >= 0.6 is 11.6 Å². The van der Waals surface area contributed by atoms with Crippen molar-refractivity contribution in [3.63, 3.8) is 0 Å². The molecule has 2 N–H and O–H groups in total. The molecule has 0 bridgehead atoms. The third-order valence-electron chi connectivity index (χ3n) is 4.94. The third kappa shape index (κ3) is 4.66. The molecule has 0 aromatic carbocycles. The minimum atomic E-state index is -0.961. The van der Waals surface area contributed by atoms with Gasteiger partial charge in [-0.2, -0.15) is 0 Å². The standard InChI is InChI=1S/C22H22ClN5O3/c1-3-22(30-8-9-31-22)16-11-18(23)25-13-17(16)27-21(29)15-6-7-24-20(10-15)28-19-5-4-14(2)12-26-19/h4-7,10-13H,3,8-9H2,1-2H3,(H,27,29)(H,24,26,28). The quantitative estimate of drug-likeness (QED) is 0.548. The van der Waals surface area contributed by atoms with Gasteiger partial charge in [-0.15, -0.1) is 0 Å². The van der Waals surface area contributed by atoms with Crippen molar-refractivity contribution in [1.82, 2.24) is 15.0 Å². The van der Waals surface area contributed by atoms with E-state index in [9.17, 15) is 4.79 Å². The molecule has 0 atom stereocenters. The van der Waals surface area contributed by atoms with Gasteiger partial charge in [0.15, 0.2) is 5.79 Å². The lowest BCUT2D eigenvalue weighted by Crippen LogP contribution is -2.28. The van der Waals surface area contributed by atoms with E-state index in [0.29, 0.717) is 53.2 Å². The molecule has 4 heterocycles. The molecule has 1 saturated heterocycles. The van der Waals surface area contributed by atoms with Crippen LogP contribution in [0.25, 0.3) is 0 Å². The molecule has 9 heteroatoms. The van der Waals surface area contributed by atoms with Gasteiger partial charge < -0.3 is 20.1 Å². The largest absolute Gasteiger partial charge is 0.343 e. The summed E-state index contributed by atoms with van der Waals surface area (Å²) in [4.78, 5) is 25.7. The second kappa shape index (κ2) is 8.97. The average Bonchev–Trinajstić information content (AvgIpc) is 3.27. The minimum Gasteiger partial charge on any atom is -0.343 e. The summed E-state index contributed by atoms with van der Waals surface area (Å²) >= 11 is 6.12. The highest BCUT2D eigenvalue weighted by Gasteiger charge is 2.39. The van der Waals surface area contributed by atoms with Crippen LogP contribution in [-0.4, -0.2) is 34.1 Å². The lowest BCUT2D eigenvalue weighted by atomic mass is 10.0. The molecule has 31 heavy (non-hydrogen) atoms. The van der Waals surface area contributed by atoms with Crippen molar-refractivity contribution in [2.45, 2.75) is 26.1 Å². The minimum absolute atomic E-state index is 0.293. The smallest absolute Gasteiger partial charge is 0.255 e. The van der Waals surface area contributed by atoms with Crippen LogP contribution in [0.15, 0.2) is 48.9 Å². The van der Waals surface area contributed by atoms with Gasteiger partial charge >= 0.3 is 0 Å². The average molecular weight is 440 g/mol. The first-order chi connectivity index (χ1) is 15.0. The third-order valence-corrected chi connectivity index (χ3v) is 5.14. The van der Waals surface area contributed by atoms with E-state index in [1.165, 1.54) is 6.20 Å². The van der Waals surface area contributed by atoms with Gasteiger partial charge in [-0.25, -0.2) is 15.0 Å². The Kier molecular flexibility index (Phi) is 6.13. The van der Waals surface area contributed by atoms with Crippen LogP contribution in [0.3, 0.4) is 0 Å². The number of ether oxygens (including phenoxy) is 2. The topological polar surface area (TPSA) is 98.3 Å². The molecular formula is C22H22ClN5O3. The number of carbonyl (C=O) groups excluding carboxylic acids is 1. The molecule has 0 spiro atoms. The summed E-state index contributed by atoms with van der Waals surface area (Å²) in [6.07, 6.45) is 5.38. The van der Waals surface area contributed by atoms with Gasteiger partial charge in [-0.05, 0) is 36.8 Å². The number of pyridine rings is 3. The normalized spacial score (nSPS) is 14.9. The van der Waals surface area contributed by atoms with Crippen LogP contribution in [0.1, 0.15) is 34.8 Å². The van der Waals surface area contributed by atoms with Crippen molar-refractivity contribution in [3.05, 3.63) is 70.8 Å². The number of aryl methyl sites for hydroxylation is 1. The monoisotopic (exact) mass is 439 g/mol. The molecule has 0 aliphatic carbocycles. The number of hydrogen-bond acceptors (Lipinski definition) is 7. The Labute approximate surface area is 185 Å². The molecule has 8 nitrogen and oxygen atoms in total. The second-order valence-electron chi connectivity index (χ2n) is 7.09. The predicted octanol–water partition coefficient (Wildman–Crippen LogP) is 4.44. The zero-order valence-electron chi connectivity index (χ0n) is 17.2. The summed E-state index contributed by atoms with van der Waals surface area (Å²) in [5, 5.41) is 6.29. The molecule has 0 radical (unpaired) electrons. The van der Waals surface area contributed by atoms with Crippen molar-refractivity contribution >= 4 is 34.8 Å². The molecule has 0 unspecified atom stereocenters. The summed E-state index contributed by atoms with van der Waals surface area (Å²) in [6, 6.07) is 8.73. The number of halogens is 1. The Morgan fingerprint density at radius 3 is 2.61 bits per heavy atom. The zero-order valence-corrected chi connectivity index (χ0v) is 17.9. The maximum atomic E-state index is 13.0. The Balaban J connectivity index is 1.57. The van der Waals surface area contributed by atoms with Crippen molar-refractivity contribution < 1.29 is 14.3 Å². The number of amides is 1. The molecule has 3 aromatic heterocycles. The molecule has 3 aromatic rings. The van der Waals surface area contributed by atoms with Crippen LogP contribution in [0.2, 0.25) is 5.15 Å². The molecule has 4 rings (SSSR count). The van der Waals surface area contributed by atoms with E-state index in [1.54, 1.807) is 30.6 Å². The molecule has 160 valence electrons.